The number of carbonyl (C=O) groups excluding carboxylic acids is 1. The molecular formula is C26H32ClN7OS. The fourth-order valence-corrected chi connectivity index (χ4v) is 6.19. The van der Waals surface area contributed by atoms with Gasteiger partial charge >= 0.3 is 0 Å². The minimum atomic E-state index is -0.440. The van der Waals surface area contributed by atoms with Crippen molar-refractivity contribution in [1.82, 2.24) is 30.3 Å². The quantitative estimate of drug-likeness (QED) is 0.460. The van der Waals surface area contributed by atoms with E-state index in [9.17, 15) is 4.79 Å². The van der Waals surface area contributed by atoms with E-state index in [1.165, 1.54) is 10.4 Å². The van der Waals surface area contributed by atoms with Crippen molar-refractivity contribution in [2.24, 2.45) is 4.99 Å². The van der Waals surface area contributed by atoms with Gasteiger partial charge in [0.15, 0.2) is 5.82 Å². The van der Waals surface area contributed by atoms with Gasteiger partial charge in [0.05, 0.1) is 12.1 Å². The van der Waals surface area contributed by atoms with Crippen LogP contribution in [0.15, 0.2) is 29.3 Å². The van der Waals surface area contributed by atoms with Crippen LogP contribution in [-0.4, -0.2) is 70.6 Å². The molecule has 0 saturated carbocycles. The summed E-state index contributed by atoms with van der Waals surface area (Å²) < 4.78 is 2.08. The zero-order chi connectivity index (χ0) is 25.2. The van der Waals surface area contributed by atoms with E-state index in [0.29, 0.717) is 17.4 Å². The monoisotopic (exact) mass is 525 g/mol. The van der Waals surface area contributed by atoms with Gasteiger partial charge in [0.25, 0.3) is 0 Å². The lowest BCUT2D eigenvalue weighted by Gasteiger charge is -2.27. The number of rotatable bonds is 7. The third-order valence-corrected chi connectivity index (χ3v) is 8.36. The van der Waals surface area contributed by atoms with Crippen LogP contribution in [0.5, 0.6) is 0 Å². The first kappa shape index (κ1) is 25.1. The third-order valence-electron chi connectivity index (χ3n) is 6.92. The average molecular weight is 526 g/mol. The molecule has 190 valence electrons. The molecule has 8 nitrogen and oxygen atoms in total. The lowest BCUT2D eigenvalue weighted by molar-refractivity contribution is -0.121. The van der Waals surface area contributed by atoms with Crippen LogP contribution in [0.1, 0.15) is 52.1 Å². The molecule has 5 rings (SSSR count). The normalized spacial score (nSPS) is 17.8. The van der Waals surface area contributed by atoms with Gasteiger partial charge in [-0.05, 0) is 51.4 Å². The Morgan fingerprint density at radius 3 is 2.67 bits per heavy atom. The molecule has 0 spiro atoms. The molecule has 0 bridgehead atoms. The molecule has 0 radical (unpaired) electrons. The Morgan fingerprint density at radius 2 is 1.92 bits per heavy atom. The minimum absolute atomic E-state index is 0.0233. The molecule has 1 saturated heterocycles. The number of aliphatic imine (C=N–C) groups is 1. The molecule has 2 aliphatic rings. The summed E-state index contributed by atoms with van der Waals surface area (Å²) in [5.41, 5.74) is 4.09. The van der Waals surface area contributed by atoms with Gasteiger partial charge in [-0.2, -0.15) is 0 Å². The fraction of sp³-hybridized carbons (Fsp3) is 0.462. The number of nitrogens with one attached hydrogen (secondary N) is 2. The third kappa shape index (κ3) is 5.11. The molecule has 1 atom stereocenters. The summed E-state index contributed by atoms with van der Waals surface area (Å²) in [6, 6.07) is 7.30. The molecule has 1 unspecified atom stereocenters. The van der Waals surface area contributed by atoms with E-state index in [0.717, 1.165) is 66.8 Å². The van der Waals surface area contributed by atoms with Gasteiger partial charge in [-0.15, -0.1) is 21.5 Å². The number of fused-ring (bicyclic) bond motifs is 3. The maximum absolute atomic E-state index is 13.0. The largest absolute Gasteiger partial charge is 0.356 e. The number of piperazine rings is 1. The topological polar surface area (TPSA) is 87.4 Å². The number of thiophene rings is 1. The van der Waals surface area contributed by atoms with E-state index in [1.54, 1.807) is 11.3 Å². The summed E-state index contributed by atoms with van der Waals surface area (Å²) in [5, 5.41) is 17.1. The number of nitrogens with zero attached hydrogens (tertiary/aromatic N) is 5. The van der Waals surface area contributed by atoms with E-state index in [4.69, 9.17) is 16.6 Å². The predicted octanol–water partition coefficient (Wildman–Crippen LogP) is 3.60. The van der Waals surface area contributed by atoms with Crippen LogP contribution < -0.4 is 10.6 Å². The first-order valence-corrected chi connectivity index (χ1v) is 13.7. The molecule has 2 aromatic heterocycles. The summed E-state index contributed by atoms with van der Waals surface area (Å²) in [7, 11) is 0. The smallest absolute Gasteiger partial charge is 0.222 e. The van der Waals surface area contributed by atoms with Crippen molar-refractivity contribution in [1.29, 1.82) is 0 Å². The van der Waals surface area contributed by atoms with Gasteiger partial charge in [-0.1, -0.05) is 23.7 Å². The second-order valence-electron chi connectivity index (χ2n) is 9.40. The lowest BCUT2D eigenvalue weighted by atomic mass is 9.99. The van der Waals surface area contributed by atoms with E-state index >= 15 is 0 Å². The van der Waals surface area contributed by atoms with Crippen molar-refractivity contribution in [3.05, 3.63) is 62.5 Å². The minimum Gasteiger partial charge on any atom is -0.356 e. The molecule has 2 N–H and O–H groups in total. The van der Waals surface area contributed by atoms with Gasteiger partial charge in [-0.3, -0.25) is 14.4 Å². The second kappa shape index (κ2) is 10.8. The second-order valence-corrected chi connectivity index (χ2v) is 11.0. The highest BCUT2D eigenvalue weighted by atomic mass is 35.5. The number of aromatic nitrogens is 3. The van der Waals surface area contributed by atoms with Gasteiger partial charge in [0, 0.05) is 53.8 Å². The SMILES string of the molecule is Cc1sc2c(c1C)C(c1ccc(Cl)cc1)=NC(CC(=O)NCCCN1CCNCC1)c1nnc(C)n1-2. The Kier molecular flexibility index (Phi) is 7.52. The number of hydrogen-bond donors (Lipinski definition) is 2. The molecule has 1 aromatic carbocycles. The van der Waals surface area contributed by atoms with Crippen molar-refractivity contribution < 1.29 is 4.79 Å². The van der Waals surface area contributed by atoms with Gasteiger partial charge in [0.2, 0.25) is 5.91 Å². The summed E-state index contributed by atoms with van der Waals surface area (Å²) >= 11 is 7.89. The summed E-state index contributed by atoms with van der Waals surface area (Å²) in [6.45, 7) is 12.0. The average Bonchev–Trinajstić information content (AvgIpc) is 3.35. The molecule has 1 fully saturated rings. The van der Waals surface area contributed by atoms with E-state index in [2.05, 4.69) is 44.1 Å². The first-order valence-electron chi connectivity index (χ1n) is 12.5. The van der Waals surface area contributed by atoms with Crippen molar-refractivity contribution in [2.45, 2.75) is 39.7 Å². The molecule has 4 heterocycles. The van der Waals surface area contributed by atoms with Gasteiger partial charge in [-0.25, -0.2) is 0 Å². The van der Waals surface area contributed by atoms with Gasteiger partial charge < -0.3 is 15.5 Å². The van der Waals surface area contributed by atoms with E-state index in [-0.39, 0.29) is 12.3 Å². The van der Waals surface area contributed by atoms with Crippen LogP contribution in [0.3, 0.4) is 0 Å². The maximum Gasteiger partial charge on any atom is 0.222 e. The van der Waals surface area contributed by atoms with Crippen molar-refractivity contribution in [3.63, 3.8) is 0 Å². The Balaban J connectivity index is 1.41. The number of hydrogen-bond acceptors (Lipinski definition) is 7. The van der Waals surface area contributed by atoms with Crippen LogP contribution in [0.2, 0.25) is 5.02 Å². The molecular weight excluding hydrogens is 494 g/mol. The lowest BCUT2D eigenvalue weighted by Crippen LogP contribution is -2.44. The zero-order valence-electron chi connectivity index (χ0n) is 21.0. The highest BCUT2D eigenvalue weighted by molar-refractivity contribution is 7.15. The van der Waals surface area contributed by atoms with E-state index in [1.807, 2.05) is 31.2 Å². The molecule has 3 aromatic rings. The Bertz CT molecular complexity index is 1270. The van der Waals surface area contributed by atoms with Gasteiger partial charge in [0.1, 0.15) is 16.9 Å². The number of halogens is 1. The molecule has 36 heavy (non-hydrogen) atoms. The number of carbonyl (C=O) groups is 1. The Morgan fingerprint density at radius 1 is 1.17 bits per heavy atom. The standard InChI is InChI=1S/C26H32ClN7OS/c1-16-17(2)36-26-23(16)24(19-5-7-20(27)8-6-19)30-21(25-32-31-18(3)34(25)26)15-22(35)29-9-4-12-33-13-10-28-11-14-33/h5-8,21,28H,4,9-15H2,1-3H3,(H,29,35). The predicted molar refractivity (Wildman–Crippen MR) is 145 cm³/mol. The van der Waals surface area contributed by atoms with Crippen LogP contribution in [0.25, 0.3) is 5.00 Å². The zero-order valence-corrected chi connectivity index (χ0v) is 22.5. The summed E-state index contributed by atoms with van der Waals surface area (Å²) in [4.78, 5) is 21.9. The highest BCUT2D eigenvalue weighted by Crippen LogP contribution is 2.39. The first-order chi connectivity index (χ1) is 17.4. The van der Waals surface area contributed by atoms with E-state index < -0.39 is 6.04 Å². The maximum atomic E-state index is 13.0. The number of amides is 1. The Labute approximate surface area is 220 Å². The summed E-state index contributed by atoms with van der Waals surface area (Å²) in [5.74, 6) is 1.47. The molecule has 2 aliphatic heterocycles. The van der Waals surface area contributed by atoms with Crippen molar-refractivity contribution in [3.8, 4) is 5.00 Å². The van der Waals surface area contributed by atoms with Crippen LogP contribution in [0.4, 0.5) is 0 Å². The number of aryl methyl sites for hydroxylation is 2. The van der Waals surface area contributed by atoms with Crippen LogP contribution in [-0.2, 0) is 4.79 Å². The van der Waals surface area contributed by atoms with Crippen LogP contribution >= 0.6 is 22.9 Å². The molecule has 0 aliphatic carbocycles. The highest BCUT2D eigenvalue weighted by Gasteiger charge is 2.32. The van der Waals surface area contributed by atoms with Crippen LogP contribution in [0, 0.1) is 20.8 Å². The summed E-state index contributed by atoms with van der Waals surface area (Å²) in [6.07, 6.45) is 1.15. The molecule has 10 heteroatoms. The Hall–Kier alpha value is -2.59. The van der Waals surface area contributed by atoms with Crippen molar-refractivity contribution in [2.75, 3.05) is 39.3 Å². The fourth-order valence-electron chi connectivity index (χ4n) is 4.85. The van der Waals surface area contributed by atoms with Crippen molar-refractivity contribution >= 4 is 34.6 Å². The number of benzene rings is 1. The molecule has 1 amide bonds.